The Labute approximate surface area is 124 Å². The molecular weight excluding hydrogens is 266 g/mol. The predicted octanol–water partition coefficient (Wildman–Crippen LogP) is 3.41. The molecular formula is C16H21N3O2. The second-order valence-electron chi connectivity index (χ2n) is 5.54. The van der Waals surface area contributed by atoms with Crippen molar-refractivity contribution in [1.82, 2.24) is 9.78 Å². The van der Waals surface area contributed by atoms with Gasteiger partial charge in [0.2, 0.25) is 0 Å². The standard InChI is InChI=1S/C16H21N3O2/c1-11(2)19-10-12(9-17-19)18-15-6-7-21-16-5-4-13(20-3)8-14(15)16/h4-5,8-11,15,18H,6-7H2,1-3H3. The molecule has 1 aromatic heterocycles. The van der Waals surface area contributed by atoms with E-state index in [1.54, 1.807) is 7.11 Å². The number of hydrogen-bond donors (Lipinski definition) is 1. The molecule has 1 atom stereocenters. The number of benzene rings is 1. The van der Waals surface area contributed by atoms with E-state index in [1.165, 1.54) is 0 Å². The van der Waals surface area contributed by atoms with Gasteiger partial charge in [-0.2, -0.15) is 5.10 Å². The third kappa shape index (κ3) is 2.82. The summed E-state index contributed by atoms with van der Waals surface area (Å²) in [7, 11) is 1.68. The van der Waals surface area contributed by atoms with Crippen LogP contribution < -0.4 is 14.8 Å². The summed E-state index contributed by atoms with van der Waals surface area (Å²) >= 11 is 0. The minimum Gasteiger partial charge on any atom is -0.497 e. The second kappa shape index (κ2) is 5.68. The van der Waals surface area contributed by atoms with Crippen LogP contribution in [-0.2, 0) is 0 Å². The van der Waals surface area contributed by atoms with Crippen LogP contribution in [0.1, 0.15) is 37.9 Å². The highest BCUT2D eigenvalue weighted by molar-refractivity contribution is 5.49. The van der Waals surface area contributed by atoms with Gasteiger partial charge < -0.3 is 14.8 Å². The molecule has 2 heterocycles. The highest BCUT2D eigenvalue weighted by Gasteiger charge is 2.22. The van der Waals surface area contributed by atoms with Crippen molar-refractivity contribution in [2.75, 3.05) is 19.0 Å². The monoisotopic (exact) mass is 287 g/mol. The summed E-state index contributed by atoms with van der Waals surface area (Å²) in [6, 6.07) is 6.52. The molecule has 2 aromatic rings. The summed E-state index contributed by atoms with van der Waals surface area (Å²) in [5.41, 5.74) is 2.17. The van der Waals surface area contributed by atoms with Crippen LogP contribution in [0.15, 0.2) is 30.6 Å². The summed E-state index contributed by atoms with van der Waals surface area (Å²) in [6.45, 7) is 4.95. The fourth-order valence-corrected chi connectivity index (χ4v) is 2.55. The zero-order chi connectivity index (χ0) is 14.8. The van der Waals surface area contributed by atoms with E-state index in [-0.39, 0.29) is 6.04 Å². The minimum absolute atomic E-state index is 0.216. The van der Waals surface area contributed by atoms with Crippen molar-refractivity contribution in [2.24, 2.45) is 0 Å². The molecule has 0 saturated heterocycles. The van der Waals surface area contributed by atoms with Gasteiger partial charge in [-0.3, -0.25) is 4.68 Å². The Morgan fingerprint density at radius 3 is 3.00 bits per heavy atom. The number of fused-ring (bicyclic) bond motifs is 1. The van der Waals surface area contributed by atoms with E-state index in [0.29, 0.717) is 6.04 Å². The summed E-state index contributed by atoms with van der Waals surface area (Å²) in [6.07, 6.45) is 4.84. The van der Waals surface area contributed by atoms with Gasteiger partial charge in [-0.15, -0.1) is 0 Å². The quantitative estimate of drug-likeness (QED) is 0.936. The SMILES string of the molecule is COc1ccc2c(c1)C(Nc1cnn(C(C)C)c1)CCO2. The Balaban J connectivity index is 1.83. The molecule has 0 radical (unpaired) electrons. The zero-order valence-electron chi connectivity index (χ0n) is 12.7. The van der Waals surface area contributed by atoms with Crippen LogP contribution in [0.2, 0.25) is 0 Å². The number of aromatic nitrogens is 2. The molecule has 0 aliphatic carbocycles. The van der Waals surface area contributed by atoms with E-state index in [1.807, 2.05) is 35.3 Å². The molecule has 21 heavy (non-hydrogen) atoms. The fraction of sp³-hybridized carbons (Fsp3) is 0.438. The normalized spacial score (nSPS) is 17.2. The molecule has 1 unspecified atom stereocenters. The molecule has 0 fully saturated rings. The molecule has 0 saturated carbocycles. The third-order valence-electron chi connectivity index (χ3n) is 3.73. The first-order chi connectivity index (χ1) is 10.2. The topological polar surface area (TPSA) is 48.3 Å². The van der Waals surface area contributed by atoms with Crippen molar-refractivity contribution in [3.63, 3.8) is 0 Å². The van der Waals surface area contributed by atoms with Gasteiger partial charge in [0.1, 0.15) is 11.5 Å². The van der Waals surface area contributed by atoms with Crippen LogP contribution >= 0.6 is 0 Å². The Morgan fingerprint density at radius 1 is 1.43 bits per heavy atom. The van der Waals surface area contributed by atoms with Gasteiger partial charge in [-0.25, -0.2) is 0 Å². The first-order valence-electron chi connectivity index (χ1n) is 7.29. The van der Waals surface area contributed by atoms with Crippen LogP contribution in [0.5, 0.6) is 11.5 Å². The molecule has 1 aliphatic heterocycles. The van der Waals surface area contributed by atoms with Crippen molar-refractivity contribution < 1.29 is 9.47 Å². The first kappa shape index (κ1) is 13.8. The lowest BCUT2D eigenvalue weighted by Gasteiger charge is -2.27. The lowest BCUT2D eigenvalue weighted by Crippen LogP contribution is -2.20. The van der Waals surface area contributed by atoms with Crippen molar-refractivity contribution in [3.05, 3.63) is 36.2 Å². The number of nitrogens with one attached hydrogen (secondary N) is 1. The molecule has 1 N–H and O–H groups in total. The van der Waals surface area contributed by atoms with Crippen LogP contribution in [0.3, 0.4) is 0 Å². The van der Waals surface area contributed by atoms with Crippen molar-refractivity contribution in [2.45, 2.75) is 32.4 Å². The predicted molar refractivity (Wildman–Crippen MR) is 82.1 cm³/mol. The van der Waals surface area contributed by atoms with Gasteiger partial charge in [0, 0.05) is 24.2 Å². The van der Waals surface area contributed by atoms with Crippen LogP contribution in [0.4, 0.5) is 5.69 Å². The molecule has 3 rings (SSSR count). The van der Waals surface area contributed by atoms with E-state index in [2.05, 4.69) is 24.3 Å². The molecule has 0 spiro atoms. The molecule has 1 aliphatic rings. The van der Waals surface area contributed by atoms with Gasteiger partial charge in [0.25, 0.3) is 0 Å². The zero-order valence-corrected chi connectivity index (χ0v) is 12.7. The van der Waals surface area contributed by atoms with E-state index >= 15 is 0 Å². The van der Waals surface area contributed by atoms with Gasteiger partial charge in [-0.05, 0) is 32.0 Å². The maximum atomic E-state index is 5.72. The molecule has 1 aromatic carbocycles. The van der Waals surface area contributed by atoms with E-state index in [0.717, 1.165) is 35.8 Å². The molecule has 0 amide bonds. The van der Waals surface area contributed by atoms with Crippen molar-refractivity contribution >= 4 is 5.69 Å². The number of rotatable bonds is 4. The number of anilines is 1. The number of ether oxygens (including phenoxy) is 2. The second-order valence-corrected chi connectivity index (χ2v) is 5.54. The van der Waals surface area contributed by atoms with Gasteiger partial charge in [0.15, 0.2) is 0 Å². The van der Waals surface area contributed by atoms with E-state index in [9.17, 15) is 0 Å². The van der Waals surface area contributed by atoms with Gasteiger partial charge in [0.05, 0.1) is 31.6 Å². The third-order valence-corrected chi connectivity index (χ3v) is 3.73. The lowest BCUT2D eigenvalue weighted by molar-refractivity contribution is 0.273. The summed E-state index contributed by atoms with van der Waals surface area (Å²) in [4.78, 5) is 0. The summed E-state index contributed by atoms with van der Waals surface area (Å²) < 4.78 is 13.0. The molecule has 5 nitrogen and oxygen atoms in total. The van der Waals surface area contributed by atoms with Crippen molar-refractivity contribution in [3.8, 4) is 11.5 Å². The average Bonchev–Trinajstić information content (AvgIpc) is 2.96. The van der Waals surface area contributed by atoms with E-state index in [4.69, 9.17) is 9.47 Å². The Bertz CT molecular complexity index is 622. The maximum Gasteiger partial charge on any atom is 0.124 e. The largest absolute Gasteiger partial charge is 0.497 e. The first-order valence-corrected chi connectivity index (χ1v) is 7.29. The number of methoxy groups -OCH3 is 1. The maximum absolute atomic E-state index is 5.72. The molecule has 5 heteroatoms. The van der Waals surface area contributed by atoms with Crippen LogP contribution in [0.25, 0.3) is 0 Å². The minimum atomic E-state index is 0.216. The molecule has 112 valence electrons. The van der Waals surface area contributed by atoms with Gasteiger partial charge in [-0.1, -0.05) is 0 Å². The van der Waals surface area contributed by atoms with Crippen LogP contribution in [0, 0.1) is 0 Å². The molecule has 0 bridgehead atoms. The Morgan fingerprint density at radius 2 is 2.29 bits per heavy atom. The van der Waals surface area contributed by atoms with Crippen LogP contribution in [-0.4, -0.2) is 23.5 Å². The van der Waals surface area contributed by atoms with Gasteiger partial charge >= 0.3 is 0 Å². The summed E-state index contributed by atoms with van der Waals surface area (Å²) in [5, 5.41) is 7.91. The Hall–Kier alpha value is -2.17. The number of hydrogen-bond acceptors (Lipinski definition) is 4. The smallest absolute Gasteiger partial charge is 0.124 e. The van der Waals surface area contributed by atoms with Crippen molar-refractivity contribution in [1.29, 1.82) is 0 Å². The average molecular weight is 287 g/mol. The fourth-order valence-electron chi connectivity index (χ4n) is 2.55. The highest BCUT2D eigenvalue weighted by atomic mass is 16.5. The lowest BCUT2D eigenvalue weighted by atomic mass is 10.00. The summed E-state index contributed by atoms with van der Waals surface area (Å²) in [5.74, 6) is 1.78. The van der Waals surface area contributed by atoms with E-state index < -0.39 is 0 Å². The number of nitrogens with zero attached hydrogens (tertiary/aromatic N) is 2. The Kier molecular flexibility index (Phi) is 3.73. The highest BCUT2D eigenvalue weighted by Crippen LogP contribution is 2.36.